The quantitative estimate of drug-likeness (QED) is 0.797. The highest BCUT2D eigenvalue weighted by molar-refractivity contribution is 5.73. The zero-order chi connectivity index (χ0) is 14.7. The van der Waals surface area contributed by atoms with Gasteiger partial charge in [-0.2, -0.15) is 0 Å². The lowest BCUT2D eigenvalue weighted by Crippen LogP contribution is -2.03. The lowest BCUT2D eigenvalue weighted by atomic mass is 10.2. The third kappa shape index (κ3) is 2.91. The number of hydrogen-bond donors (Lipinski definition) is 1. The van der Waals surface area contributed by atoms with E-state index >= 15 is 0 Å². The maximum absolute atomic E-state index is 13.3. The van der Waals surface area contributed by atoms with Crippen molar-refractivity contribution < 1.29 is 9.13 Å². The maximum atomic E-state index is 13.3. The Bertz CT molecular complexity index is 776. The van der Waals surface area contributed by atoms with Crippen LogP contribution in [-0.4, -0.2) is 17.1 Å². The van der Waals surface area contributed by atoms with Gasteiger partial charge in [0.25, 0.3) is 0 Å². The summed E-state index contributed by atoms with van der Waals surface area (Å²) in [6, 6.07) is 12.3. The minimum absolute atomic E-state index is 0.213. The monoisotopic (exact) mass is 283 g/mol. The van der Waals surface area contributed by atoms with E-state index in [1.165, 1.54) is 13.2 Å². The van der Waals surface area contributed by atoms with Gasteiger partial charge in [0.2, 0.25) is 0 Å². The van der Waals surface area contributed by atoms with E-state index in [0.717, 1.165) is 22.4 Å². The number of benzene rings is 2. The molecule has 1 aromatic heterocycles. The smallest absolute Gasteiger partial charge is 0.165 e. The topological polar surface area (TPSA) is 47.0 Å². The number of nitrogens with one attached hydrogen (secondary N) is 1. The fourth-order valence-corrected chi connectivity index (χ4v) is 2.04. The zero-order valence-electron chi connectivity index (χ0n) is 11.5. The van der Waals surface area contributed by atoms with Gasteiger partial charge in [-0.1, -0.05) is 12.1 Å². The first-order chi connectivity index (χ1) is 10.3. The molecule has 2 aromatic carbocycles. The molecular weight excluding hydrogens is 269 g/mol. The van der Waals surface area contributed by atoms with Crippen LogP contribution in [0.25, 0.3) is 11.0 Å². The summed E-state index contributed by atoms with van der Waals surface area (Å²) in [5.41, 5.74) is 3.30. The van der Waals surface area contributed by atoms with Crippen molar-refractivity contribution in [3.63, 3.8) is 0 Å². The average molecular weight is 283 g/mol. The highest BCUT2D eigenvalue weighted by atomic mass is 19.1. The Morgan fingerprint density at radius 3 is 2.76 bits per heavy atom. The molecule has 0 radical (unpaired) electrons. The van der Waals surface area contributed by atoms with Gasteiger partial charge >= 0.3 is 0 Å². The fourth-order valence-electron chi connectivity index (χ4n) is 2.04. The molecule has 1 N–H and O–H groups in total. The van der Waals surface area contributed by atoms with Crippen LogP contribution in [0.15, 0.2) is 48.7 Å². The number of hydrogen-bond acceptors (Lipinski definition) is 4. The molecule has 4 nitrogen and oxygen atoms in total. The van der Waals surface area contributed by atoms with Gasteiger partial charge in [-0.3, -0.25) is 4.98 Å². The molecule has 3 rings (SSSR count). The second-order valence-corrected chi connectivity index (χ2v) is 4.55. The molecule has 1 heterocycles. The van der Waals surface area contributed by atoms with Crippen LogP contribution in [0.4, 0.5) is 10.1 Å². The molecule has 0 saturated carbocycles. The number of halogens is 1. The molecule has 0 fully saturated rings. The second-order valence-electron chi connectivity index (χ2n) is 4.55. The van der Waals surface area contributed by atoms with Gasteiger partial charge < -0.3 is 10.1 Å². The zero-order valence-corrected chi connectivity index (χ0v) is 11.5. The molecule has 0 bridgehead atoms. The summed E-state index contributed by atoms with van der Waals surface area (Å²) in [6.07, 6.45) is 1.73. The Kier molecular flexibility index (Phi) is 3.64. The van der Waals surface area contributed by atoms with Crippen molar-refractivity contribution in [1.29, 1.82) is 0 Å². The van der Waals surface area contributed by atoms with Gasteiger partial charge in [0.15, 0.2) is 11.6 Å². The SMILES string of the molecule is COc1cc(NCc2cnc3ccccc3n2)ccc1F. The molecule has 0 aliphatic rings. The van der Waals surface area contributed by atoms with Crippen molar-refractivity contribution in [3.8, 4) is 5.75 Å². The number of fused-ring (bicyclic) bond motifs is 1. The molecule has 0 unspecified atom stereocenters. The number of ether oxygens (including phenoxy) is 1. The number of nitrogens with zero attached hydrogens (tertiary/aromatic N) is 2. The molecule has 0 atom stereocenters. The molecule has 0 aliphatic carbocycles. The number of rotatable bonds is 4. The normalized spacial score (nSPS) is 10.6. The summed E-state index contributed by atoms with van der Waals surface area (Å²) >= 11 is 0. The number of methoxy groups -OCH3 is 1. The van der Waals surface area contributed by atoms with E-state index in [2.05, 4.69) is 15.3 Å². The van der Waals surface area contributed by atoms with E-state index in [4.69, 9.17) is 4.74 Å². The molecular formula is C16H14FN3O. The summed E-state index contributed by atoms with van der Waals surface area (Å²) in [5, 5.41) is 3.18. The summed E-state index contributed by atoms with van der Waals surface area (Å²) in [5.74, 6) is -0.168. The van der Waals surface area contributed by atoms with Crippen LogP contribution in [0.2, 0.25) is 0 Å². The van der Waals surface area contributed by atoms with E-state index in [9.17, 15) is 4.39 Å². The standard InChI is InChI=1S/C16H14FN3O/c1-21-16-8-11(6-7-13(16)17)18-9-12-10-19-14-4-2-3-5-15(14)20-12/h2-8,10,18H,9H2,1H3. The predicted molar refractivity (Wildman–Crippen MR) is 79.8 cm³/mol. The number of para-hydroxylation sites is 2. The molecule has 5 heteroatoms. The first-order valence-corrected chi connectivity index (χ1v) is 6.54. The van der Waals surface area contributed by atoms with Crippen molar-refractivity contribution in [3.05, 3.63) is 60.2 Å². The minimum atomic E-state index is -0.381. The van der Waals surface area contributed by atoms with Crippen molar-refractivity contribution in [2.45, 2.75) is 6.54 Å². The van der Waals surface area contributed by atoms with Crippen LogP contribution in [0, 0.1) is 5.82 Å². The van der Waals surface area contributed by atoms with Crippen molar-refractivity contribution in [1.82, 2.24) is 9.97 Å². The van der Waals surface area contributed by atoms with Gasteiger partial charge in [-0.15, -0.1) is 0 Å². The second kappa shape index (κ2) is 5.75. The van der Waals surface area contributed by atoms with Crippen LogP contribution >= 0.6 is 0 Å². The Balaban J connectivity index is 1.76. The lowest BCUT2D eigenvalue weighted by molar-refractivity contribution is 0.387. The van der Waals surface area contributed by atoms with Crippen LogP contribution in [0.3, 0.4) is 0 Å². The van der Waals surface area contributed by atoms with Gasteiger partial charge in [0.05, 0.1) is 36.6 Å². The van der Waals surface area contributed by atoms with E-state index in [0.29, 0.717) is 6.54 Å². The van der Waals surface area contributed by atoms with E-state index in [1.54, 1.807) is 18.3 Å². The highest BCUT2D eigenvalue weighted by Crippen LogP contribution is 2.21. The molecule has 0 amide bonds. The number of aromatic nitrogens is 2. The lowest BCUT2D eigenvalue weighted by Gasteiger charge is -2.08. The van der Waals surface area contributed by atoms with Crippen LogP contribution < -0.4 is 10.1 Å². The van der Waals surface area contributed by atoms with Crippen molar-refractivity contribution in [2.75, 3.05) is 12.4 Å². The highest BCUT2D eigenvalue weighted by Gasteiger charge is 2.04. The Labute approximate surface area is 121 Å². The first-order valence-electron chi connectivity index (χ1n) is 6.54. The molecule has 3 aromatic rings. The molecule has 21 heavy (non-hydrogen) atoms. The molecule has 0 saturated heterocycles. The maximum Gasteiger partial charge on any atom is 0.165 e. The largest absolute Gasteiger partial charge is 0.494 e. The van der Waals surface area contributed by atoms with E-state index in [1.807, 2.05) is 24.3 Å². The van der Waals surface area contributed by atoms with E-state index in [-0.39, 0.29) is 11.6 Å². The van der Waals surface area contributed by atoms with Gasteiger partial charge in [-0.25, -0.2) is 9.37 Å². The Morgan fingerprint density at radius 1 is 1.14 bits per heavy atom. The fraction of sp³-hybridized carbons (Fsp3) is 0.125. The first kappa shape index (κ1) is 13.3. The summed E-state index contributed by atoms with van der Waals surface area (Å²) in [4.78, 5) is 8.87. The van der Waals surface area contributed by atoms with Crippen molar-refractivity contribution >= 4 is 16.7 Å². The third-order valence-corrected chi connectivity index (χ3v) is 3.12. The van der Waals surface area contributed by atoms with Crippen LogP contribution in [-0.2, 0) is 6.54 Å². The predicted octanol–water partition coefficient (Wildman–Crippen LogP) is 3.39. The summed E-state index contributed by atoms with van der Waals surface area (Å²) in [6.45, 7) is 0.507. The van der Waals surface area contributed by atoms with Gasteiger partial charge in [0.1, 0.15) is 0 Å². The third-order valence-electron chi connectivity index (χ3n) is 3.12. The number of anilines is 1. The Hall–Kier alpha value is -2.69. The molecule has 106 valence electrons. The summed E-state index contributed by atoms with van der Waals surface area (Å²) in [7, 11) is 1.44. The average Bonchev–Trinajstić information content (AvgIpc) is 2.54. The minimum Gasteiger partial charge on any atom is -0.494 e. The summed E-state index contributed by atoms with van der Waals surface area (Å²) < 4.78 is 18.3. The molecule has 0 spiro atoms. The van der Waals surface area contributed by atoms with Gasteiger partial charge in [0, 0.05) is 11.8 Å². The van der Waals surface area contributed by atoms with Gasteiger partial charge in [-0.05, 0) is 24.3 Å². The van der Waals surface area contributed by atoms with E-state index < -0.39 is 0 Å². The van der Waals surface area contributed by atoms with Crippen LogP contribution in [0.1, 0.15) is 5.69 Å². The Morgan fingerprint density at radius 2 is 1.95 bits per heavy atom. The van der Waals surface area contributed by atoms with Crippen LogP contribution in [0.5, 0.6) is 5.75 Å². The molecule has 0 aliphatic heterocycles. The van der Waals surface area contributed by atoms with Crippen molar-refractivity contribution in [2.24, 2.45) is 0 Å².